The molecule has 26 heavy (non-hydrogen) atoms. The second-order valence-corrected chi connectivity index (χ2v) is 7.89. The Balaban J connectivity index is 1.50. The van der Waals surface area contributed by atoms with E-state index >= 15 is 0 Å². The minimum absolute atomic E-state index is 0.0861. The molecule has 0 radical (unpaired) electrons. The highest BCUT2D eigenvalue weighted by Gasteiger charge is 2.52. The number of imide groups is 1. The first kappa shape index (κ1) is 19.0. The molecule has 2 aliphatic rings. The lowest BCUT2D eigenvalue weighted by Gasteiger charge is -2.33. The maximum atomic E-state index is 12.8. The molecule has 1 saturated carbocycles. The van der Waals surface area contributed by atoms with Crippen molar-refractivity contribution in [2.24, 2.45) is 5.92 Å². The minimum Gasteiger partial charge on any atom is -0.492 e. The zero-order valence-electron chi connectivity index (χ0n) is 15.3. The lowest BCUT2D eigenvalue weighted by molar-refractivity contribution is -0.134. The summed E-state index contributed by atoms with van der Waals surface area (Å²) in [4.78, 5) is 28.4. The number of likely N-dealkylation sites (N-methyl/N-ethyl adjacent to an activating group) is 1. The number of carbonyl (C=O) groups is 2. The summed E-state index contributed by atoms with van der Waals surface area (Å²) < 4.78 is 5.67. The smallest absolute Gasteiger partial charge is 0.326 e. The van der Waals surface area contributed by atoms with Crippen LogP contribution in [0.2, 0.25) is 5.02 Å². The Labute approximate surface area is 159 Å². The number of carbonyl (C=O) groups excluding carboxylic acids is 2. The van der Waals surface area contributed by atoms with Gasteiger partial charge in [0.1, 0.15) is 17.9 Å². The maximum absolute atomic E-state index is 12.8. The van der Waals surface area contributed by atoms with Crippen LogP contribution in [0.25, 0.3) is 0 Å². The third-order valence-electron chi connectivity index (χ3n) is 5.29. The van der Waals surface area contributed by atoms with Crippen LogP contribution in [0.3, 0.4) is 0 Å². The van der Waals surface area contributed by atoms with Crippen molar-refractivity contribution in [1.29, 1.82) is 0 Å². The van der Waals surface area contributed by atoms with E-state index in [2.05, 4.69) is 12.2 Å². The first-order chi connectivity index (χ1) is 12.4. The molecule has 1 spiro atoms. The van der Waals surface area contributed by atoms with E-state index in [9.17, 15) is 9.59 Å². The summed E-state index contributed by atoms with van der Waals surface area (Å²) in [7, 11) is 1.87. The van der Waals surface area contributed by atoms with Gasteiger partial charge in [-0.15, -0.1) is 0 Å². The fourth-order valence-corrected chi connectivity index (χ4v) is 3.77. The van der Waals surface area contributed by atoms with Gasteiger partial charge in [0, 0.05) is 11.6 Å². The Kier molecular flexibility index (Phi) is 5.73. The van der Waals surface area contributed by atoms with Gasteiger partial charge in [-0.1, -0.05) is 24.6 Å². The third-order valence-corrected chi connectivity index (χ3v) is 5.53. The summed E-state index contributed by atoms with van der Waals surface area (Å²) in [6.45, 7) is 3.50. The van der Waals surface area contributed by atoms with Gasteiger partial charge in [0.25, 0.3) is 5.91 Å². The van der Waals surface area contributed by atoms with Gasteiger partial charge >= 0.3 is 6.03 Å². The van der Waals surface area contributed by atoms with Crippen LogP contribution in [-0.2, 0) is 4.79 Å². The maximum Gasteiger partial charge on any atom is 0.326 e. The highest BCUT2D eigenvalue weighted by Crippen LogP contribution is 2.36. The Bertz CT molecular complexity index is 674. The molecular formula is C19H26ClN3O3. The molecular weight excluding hydrogens is 354 g/mol. The van der Waals surface area contributed by atoms with E-state index in [1.807, 2.05) is 24.1 Å². The summed E-state index contributed by atoms with van der Waals surface area (Å²) >= 11 is 5.93. The SMILES string of the molecule is CC1CCC2(CC1)NC(=O)N(CN(C)CCOc1cccc(Cl)c1)C2=O. The zero-order chi connectivity index (χ0) is 18.7. The highest BCUT2D eigenvalue weighted by molar-refractivity contribution is 6.30. The minimum atomic E-state index is -0.679. The first-order valence-corrected chi connectivity index (χ1v) is 9.48. The number of hydrogen-bond acceptors (Lipinski definition) is 4. The lowest BCUT2D eigenvalue weighted by Crippen LogP contribution is -2.50. The molecule has 1 aliphatic heterocycles. The van der Waals surface area contributed by atoms with Gasteiger partial charge in [-0.25, -0.2) is 9.69 Å². The molecule has 1 saturated heterocycles. The molecule has 1 aliphatic carbocycles. The normalized spacial score (nSPS) is 25.8. The summed E-state index contributed by atoms with van der Waals surface area (Å²) in [5, 5.41) is 3.58. The highest BCUT2D eigenvalue weighted by atomic mass is 35.5. The number of nitrogens with one attached hydrogen (secondary N) is 1. The van der Waals surface area contributed by atoms with Crippen LogP contribution in [-0.4, -0.2) is 54.1 Å². The van der Waals surface area contributed by atoms with Crippen molar-refractivity contribution in [1.82, 2.24) is 15.1 Å². The van der Waals surface area contributed by atoms with Gasteiger partial charge in [-0.05, 0) is 56.8 Å². The van der Waals surface area contributed by atoms with E-state index < -0.39 is 5.54 Å². The van der Waals surface area contributed by atoms with E-state index in [0.717, 1.165) is 25.7 Å². The third kappa shape index (κ3) is 4.13. The van der Waals surface area contributed by atoms with E-state index in [0.29, 0.717) is 29.8 Å². The molecule has 2 fully saturated rings. The van der Waals surface area contributed by atoms with Crippen LogP contribution in [0.5, 0.6) is 5.75 Å². The van der Waals surface area contributed by atoms with Crippen LogP contribution in [0, 0.1) is 5.92 Å². The predicted octanol–water partition coefficient (Wildman–Crippen LogP) is 3.11. The van der Waals surface area contributed by atoms with Crippen LogP contribution >= 0.6 is 11.6 Å². The van der Waals surface area contributed by atoms with Gasteiger partial charge in [0.2, 0.25) is 0 Å². The van der Waals surface area contributed by atoms with Crippen molar-refractivity contribution in [3.8, 4) is 5.75 Å². The lowest BCUT2D eigenvalue weighted by atomic mass is 9.77. The van der Waals surface area contributed by atoms with Gasteiger partial charge in [-0.3, -0.25) is 9.69 Å². The fourth-order valence-electron chi connectivity index (χ4n) is 3.59. The van der Waals surface area contributed by atoms with Gasteiger partial charge in [-0.2, -0.15) is 0 Å². The number of halogens is 1. The van der Waals surface area contributed by atoms with Crippen molar-refractivity contribution >= 4 is 23.5 Å². The second-order valence-electron chi connectivity index (χ2n) is 7.45. The van der Waals surface area contributed by atoms with Crippen LogP contribution in [0.4, 0.5) is 4.79 Å². The zero-order valence-corrected chi connectivity index (χ0v) is 16.1. The Hall–Kier alpha value is -1.79. The number of hydrogen-bond donors (Lipinski definition) is 1. The molecule has 0 unspecified atom stereocenters. The molecule has 3 rings (SSSR count). The monoisotopic (exact) mass is 379 g/mol. The summed E-state index contributed by atoms with van der Waals surface area (Å²) in [5.74, 6) is 1.24. The first-order valence-electron chi connectivity index (χ1n) is 9.11. The van der Waals surface area contributed by atoms with E-state index in [4.69, 9.17) is 16.3 Å². The van der Waals surface area contributed by atoms with Crippen molar-refractivity contribution in [2.75, 3.05) is 26.9 Å². The van der Waals surface area contributed by atoms with E-state index in [1.54, 1.807) is 12.1 Å². The van der Waals surface area contributed by atoms with Crippen LogP contribution in [0.15, 0.2) is 24.3 Å². The van der Waals surface area contributed by atoms with Gasteiger partial charge in [0.15, 0.2) is 0 Å². The van der Waals surface area contributed by atoms with E-state index in [1.165, 1.54) is 4.90 Å². The van der Waals surface area contributed by atoms with Crippen molar-refractivity contribution in [3.63, 3.8) is 0 Å². The number of nitrogens with zero attached hydrogens (tertiary/aromatic N) is 2. The molecule has 7 heteroatoms. The Morgan fingerprint density at radius 1 is 1.35 bits per heavy atom. The molecule has 1 aromatic carbocycles. The molecule has 0 atom stereocenters. The van der Waals surface area contributed by atoms with Crippen LogP contribution < -0.4 is 10.1 Å². The topological polar surface area (TPSA) is 61.9 Å². The molecule has 142 valence electrons. The number of ether oxygens (including phenoxy) is 1. The standard InChI is InChI=1S/C19H26ClN3O3/c1-14-6-8-19(9-7-14)17(24)23(18(25)21-19)13-22(2)10-11-26-16-5-3-4-15(20)12-16/h3-5,12,14H,6-11,13H2,1-2H3,(H,21,25). The summed E-state index contributed by atoms with van der Waals surface area (Å²) in [5.41, 5.74) is -0.679. The number of amides is 3. The predicted molar refractivity (Wildman–Crippen MR) is 100 cm³/mol. The quantitative estimate of drug-likeness (QED) is 0.771. The summed E-state index contributed by atoms with van der Waals surface area (Å²) in [6, 6.07) is 6.94. The van der Waals surface area contributed by atoms with E-state index in [-0.39, 0.29) is 18.6 Å². The van der Waals surface area contributed by atoms with Crippen molar-refractivity contribution in [2.45, 2.75) is 38.1 Å². The fraction of sp³-hybridized carbons (Fsp3) is 0.579. The number of rotatable bonds is 6. The largest absolute Gasteiger partial charge is 0.492 e. The molecule has 1 heterocycles. The van der Waals surface area contributed by atoms with Crippen molar-refractivity contribution < 1.29 is 14.3 Å². The molecule has 1 N–H and O–H groups in total. The average molecular weight is 380 g/mol. The van der Waals surface area contributed by atoms with Crippen molar-refractivity contribution in [3.05, 3.63) is 29.3 Å². The Morgan fingerprint density at radius 2 is 2.08 bits per heavy atom. The Morgan fingerprint density at radius 3 is 2.77 bits per heavy atom. The van der Waals surface area contributed by atoms with Gasteiger partial charge < -0.3 is 10.1 Å². The number of urea groups is 1. The molecule has 1 aromatic rings. The molecule has 0 bridgehead atoms. The number of benzene rings is 1. The molecule has 3 amide bonds. The second kappa shape index (κ2) is 7.84. The average Bonchev–Trinajstić information content (AvgIpc) is 2.82. The molecule has 0 aromatic heterocycles. The van der Waals surface area contributed by atoms with Crippen LogP contribution in [0.1, 0.15) is 32.6 Å². The summed E-state index contributed by atoms with van der Waals surface area (Å²) in [6.07, 6.45) is 3.42. The van der Waals surface area contributed by atoms with Gasteiger partial charge in [0.05, 0.1) is 6.67 Å². The molecule has 6 nitrogen and oxygen atoms in total.